The Labute approximate surface area is 134 Å². The molecule has 0 aliphatic carbocycles. The molecule has 122 valence electrons. The highest BCUT2D eigenvalue weighted by molar-refractivity contribution is 6.07. The van der Waals surface area contributed by atoms with Gasteiger partial charge in [-0.25, -0.2) is 4.79 Å². The van der Waals surface area contributed by atoms with Crippen molar-refractivity contribution >= 4 is 11.9 Å². The molecule has 0 saturated carbocycles. The van der Waals surface area contributed by atoms with Crippen molar-refractivity contribution < 1.29 is 19.1 Å². The quantitative estimate of drug-likeness (QED) is 0.833. The standard InChI is InChI=1S/C16H19N3O4/c1-10(8-17)9-19-14(20)16(2,18-15(19)21)11-5-6-12(22-3)13(7-11)23-4/h5-7,10H,9H2,1-4H3,(H,18,21). The minimum Gasteiger partial charge on any atom is -0.493 e. The summed E-state index contributed by atoms with van der Waals surface area (Å²) in [5.74, 6) is 0.179. The lowest BCUT2D eigenvalue weighted by Gasteiger charge is -2.23. The van der Waals surface area contributed by atoms with E-state index in [1.807, 2.05) is 6.07 Å². The molecule has 2 unspecified atom stereocenters. The van der Waals surface area contributed by atoms with Crippen LogP contribution in [0.15, 0.2) is 18.2 Å². The maximum absolute atomic E-state index is 12.7. The average Bonchev–Trinajstić information content (AvgIpc) is 2.78. The largest absolute Gasteiger partial charge is 0.493 e. The van der Waals surface area contributed by atoms with Crippen LogP contribution in [0, 0.1) is 17.2 Å². The van der Waals surface area contributed by atoms with Crippen molar-refractivity contribution in [1.29, 1.82) is 5.26 Å². The Morgan fingerprint density at radius 1 is 1.30 bits per heavy atom. The number of urea groups is 1. The second kappa shape index (κ2) is 6.16. The van der Waals surface area contributed by atoms with E-state index in [4.69, 9.17) is 14.7 Å². The number of hydrogen-bond acceptors (Lipinski definition) is 5. The number of rotatable bonds is 5. The van der Waals surface area contributed by atoms with E-state index in [0.717, 1.165) is 4.90 Å². The number of ether oxygens (including phenoxy) is 2. The second-order valence-corrected chi connectivity index (χ2v) is 5.57. The van der Waals surface area contributed by atoms with Gasteiger partial charge in [-0.3, -0.25) is 9.69 Å². The molecule has 23 heavy (non-hydrogen) atoms. The van der Waals surface area contributed by atoms with E-state index < -0.39 is 23.4 Å². The van der Waals surface area contributed by atoms with Gasteiger partial charge in [-0.2, -0.15) is 5.26 Å². The molecule has 2 atom stereocenters. The number of carbonyl (C=O) groups excluding carboxylic acids is 2. The summed E-state index contributed by atoms with van der Waals surface area (Å²) in [7, 11) is 3.02. The zero-order valence-corrected chi connectivity index (χ0v) is 13.5. The molecule has 1 aliphatic rings. The first kappa shape index (κ1) is 16.6. The van der Waals surface area contributed by atoms with Gasteiger partial charge in [-0.1, -0.05) is 6.07 Å². The van der Waals surface area contributed by atoms with Gasteiger partial charge in [0.2, 0.25) is 0 Å². The van der Waals surface area contributed by atoms with Crippen LogP contribution in [0.4, 0.5) is 4.79 Å². The zero-order valence-electron chi connectivity index (χ0n) is 13.5. The number of carbonyl (C=O) groups is 2. The van der Waals surface area contributed by atoms with Crippen LogP contribution in [-0.4, -0.2) is 37.6 Å². The molecule has 1 fully saturated rings. The van der Waals surface area contributed by atoms with Crippen LogP contribution in [0.2, 0.25) is 0 Å². The lowest BCUT2D eigenvalue weighted by molar-refractivity contribution is -0.131. The molecule has 1 saturated heterocycles. The molecule has 2 rings (SSSR count). The van der Waals surface area contributed by atoms with Gasteiger partial charge in [0.05, 0.1) is 26.2 Å². The molecule has 0 spiro atoms. The number of imide groups is 1. The average molecular weight is 317 g/mol. The fourth-order valence-electron chi connectivity index (χ4n) is 2.52. The molecular formula is C16H19N3O4. The predicted molar refractivity (Wildman–Crippen MR) is 81.9 cm³/mol. The van der Waals surface area contributed by atoms with Gasteiger partial charge in [0, 0.05) is 6.54 Å². The number of amides is 3. The summed E-state index contributed by atoms with van der Waals surface area (Å²) in [6.07, 6.45) is 0. The van der Waals surface area contributed by atoms with Gasteiger partial charge in [0.1, 0.15) is 5.54 Å². The van der Waals surface area contributed by atoms with Crippen LogP contribution in [0.1, 0.15) is 19.4 Å². The summed E-state index contributed by atoms with van der Waals surface area (Å²) in [6, 6.07) is 6.56. The molecule has 0 aromatic heterocycles. The molecule has 0 radical (unpaired) electrons. The first-order chi connectivity index (χ1) is 10.9. The SMILES string of the molecule is COc1ccc(C2(C)NC(=O)N(CC(C)C#N)C2=O)cc1OC. The van der Waals surface area contributed by atoms with Gasteiger partial charge >= 0.3 is 6.03 Å². The Balaban J connectivity index is 2.37. The smallest absolute Gasteiger partial charge is 0.325 e. The monoisotopic (exact) mass is 317 g/mol. The van der Waals surface area contributed by atoms with E-state index >= 15 is 0 Å². The number of methoxy groups -OCH3 is 2. The lowest BCUT2D eigenvalue weighted by Crippen LogP contribution is -2.41. The van der Waals surface area contributed by atoms with Crippen molar-refractivity contribution in [2.24, 2.45) is 5.92 Å². The van der Waals surface area contributed by atoms with E-state index in [2.05, 4.69) is 5.32 Å². The highest BCUT2D eigenvalue weighted by Crippen LogP contribution is 2.35. The maximum atomic E-state index is 12.7. The van der Waals surface area contributed by atoms with E-state index in [1.165, 1.54) is 14.2 Å². The van der Waals surface area contributed by atoms with Crippen LogP contribution in [0.5, 0.6) is 11.5 Å². The number of hydrogen-bond donors (Lipinski definition) is 1. The zero-order chi connectivity index (χ0) is 17.2. The summed E-state index contributed by atoms with van der Waals surface area (Å²) in [6.45, 7) is 3.35. The van der Waals surface area contributed by atoms with Gasteiger partial charge in [0.25, 0.3) is 5.91 Å². The topological polar surface area (TPSA) is 91.7 Å². The van der Waals surface area contributed by atoms with Crippen molar-refractivity contribution in [3.63, 3.8) is 0 Å². The predicted octanol–water partition coefficient (Wildman–Crippen LogP) is 1.63. The fourth-order valence-corrected chi connectivity index (χ4v) is 2.52. The molecule has 1 aromatic rings. The van der Waals surface area contributed by atoms with Gasteiger partial charge in [-0.15, -0.1) is 0 Å². The lowest BCUT2D eigenvalue weighted by atomic mass is 9.91. The number of nitriles is 1. The molecule has 3 amide bonds. The minimum atomic E-state index is -1.20. The van der Waals surface area contributed by atoms with Crippen LogP contribution in [-0.2, 0) is 10.3 Å². The third-order valence-corrected chi connectivity index (χ3v) is 3.91. The van der Waals surface area contributed by atoms with E-state index in [9.17, 15) is 9.59 Å². The fraction of sp³-hybridized carbons (Fsp3) is 0.438. The third kappa shape index (κ3) is 2.80. The Bertz CT molecular complexity index is 682. The molecule has 1 heterocycles. The van der Waals surface area contributed by atoms with Crippen LogP contribution in [0.25, 0.3) is 0 Å². The maximum Gasteiger partial charge on any atom is 0.325 e. The molecule has 1 aromatic carbocycles. The highest BCUT2D eigenvalue weighted by atomic mass is 16.5. The van der Waals surface area contributed by atoms with Crippen molar-refractivity contribution in [2.45, 2.75) is 19.4 Å². The van der Waals surface area contributed by atoms with Crippen molar-refractivity contribution in [2.75, 3.05) is 20.8 Å². The van der Waals surface area contributed by atoms with Crippen LogP contribution < -0.4 is 14.8 Å². The molecular weight excluding hydrogens is 298 g/mol. The normalized spacial score (nSPS) is 21.6. The number of nitrogens with zero attached hydrogens (tertiary/aromatic N) is 2. The van der Waals surface area contributed by atoms with E-state index in [-0.39, 0.29) is 6.54 Å². The summed E-state index contributed by atoms with van der Waals surface area (Å²) in [5, 5.41) is 11.6. The first-order valence-electron chi connectivity index (χ1n) is 7.13. The second-order valence-electron chi connectivity index (χ2n) is 5.57. The molecule has 0 bridgehead atoms. The molecule has 7 nitrogen and oxygen atoms in total. The summed E-state index contributed by atoms with van der Waals surface area (Å²) in [4.78, 5) is 25.9. The Morgan fingerprint density at radius 3 is 2.52 bits per heavy atom. The Kier molecular flexibility index (Phi) is 4.45. The third-order valence-electron chi connectivity index (χ3n) is 3.91. The van der Waals surface area contributed by atoms with Gasteiger partial charge in [-0.05, 0) is 31.5 Å². The minimum absolute atomic E-state index is 0.0596. The Morgan fingerprint density at radius 2 is 1.96 bits per heavy atom. The van der Waals surface area contributed by atoms with E-state index in [1.54, 1.807) is 32.0 Å². The number of benzene rings is 1. The highest BCUT2D eigenvalue weighted by Gasteiger charge is 2.49. The van der Waals surface area contributed by atoms with E-state index in [0.29, 0.717) is 17.1 Å². The molecule has 1 N–H and O–H groups in total. The molecule has 7 heteroatoms. The van der Waals surface area contributed by atoms with Crippen molar-refractivity contribution in [3.05, 3.63) is 23.8 Å². The summed E-state index contributed by atoms with van der Waals surface area (Å²) in [5.41, 5.74) is -0.619. The first-order valence-corrected chi connectivity index (χ1v) is 7.13. The number of nitrogens with one attached hydrogen (secondary N) is 1. The summed E-state index contributed by atoms with van der Waals surface area (Å²) < 4.78 is 10.4. The van der Waals surface area contributed by atoms with Crippen molar-refractivity contribution in [1.82, 2.24) is 10.2 Å². The van der Waals surface area contributed by atoms with Gasteiger partial charge < -0.3 is 14.8 Å². The Hall–Kier alpha value is -2.75. The van der Waals surface area contributed by atoms with Crippen LogP contribution in [0.3, 0.4) is 0 Å². The summed E-state index contributed by atoms with van der Waals surface area (Å²) >= 11 is 0. The van der Waals surface area contributed by atoms with Crippen molar-refractivity contribution in [3.8, 4) is 17.6 Å². The van der Waals surface area contributed by atoms with Gasteiger partial charge in [0.15, 0.2) is 11.5 Å². The van der Waals surface area contributed by atoms with Crippen LogP contribution >= 0.6 is 0 Å². The molecule has 1 aliphatic heterocycles.